The maximum absolute atomic E-state index is 13.3. The summed E-state index contributed by atoms with van der Waals surface area (Å²) in [5, 5.41) is 0. The summed E-state index contributed by atoms with van der Waals surface area (Å²) in [6, 6.07) is 7.14. The van der Waals surface area contributed by atoms with E-state index in [2.05, 4.69) is 19.9 Å². The molecule has 1 aromatic rings. The molecule has 1 saturated carbocycles. The minimum atomic E-state index is -0.0978. The van der Waals surface area contributed by atoms with Gasteiger partial charge in [-0.05, 0) is 54.7 Å². The Bertz CT molecular complexity index is 404. The third-order valence-corrected chi connectivity index (χ3v) is 5.36. The first kappa shape index (κ1) is 16.5. The van der Waals surface area contributed by atoms with E-state index in [1.807, 2.05) is 6.07 Å². The maximum atomic E-state index is 13.3. The van der Waals surface area contributed by atoms with Crippen LogP contribution in [0.4, 0.5) is 4.39 Å². The molecule has 2 rings (SSSR count). The monoisotopic (exact) mass is 290 g/mol. The molecule has 1 unspecified atom stereocenters. The molecule has 0 aliphatic heterocycles. The Kier molecular flexibility index (Phi) is 6.73. The van der Waals surface area contributed by atoms with E-state index in [1.165, 1.54) is 57.4 Å². The van der Waals surface area contributed by atoms with Crippen LogP contribution in [0.5, 0.6) is 0 Å². The van der Waals surface area contributed by atoms with E-state index in [4.69, 9.17) is 0 Å². The van der Waals surface area contributed by atoms with E-state index in [0.29, 0.717) is 5.92 Å². The Morgan fingerprint density at radius 3 is 2.57 bits per heavy atom. The van der Waals surface area contributed by atoms with Crippen molar-refractivity contribution in [1.82, 2.24) is 0 Å². The molecule has 0 bridgehead atoms. The molecular formula is C20H31F. The van der Waals surface area contributed by atoms with Gasteiger partial charge >= 0.3 is 0 Å². The second-order valence-electron chi connectivity index (χ2n) is 7.09. The lowest BCUT2D eigenvalue weighted by molar-refractivity contribution is 0.204. The molecule has 0 nitrogen and oxygen atoms in total. The Labute approximate surface area is 130 Å². The average molecular weight is 290 g/mol. The van der Waals surface area contributed by atoms with Gasteiger partial charge in [0.2, 0.25) is 0 Å². The van der Waals surface area contributed by atoms with E-state index in [9.17, 15) is 4.39 Å². The molecule has 0 radical (unpaired) electrons. The number of benzene rings is 1. The lowest BCUT2D eigenvalue weighted by Gasteiger charge is -2.32. The topological polar surface area (TPSA) is 0 Å². The van der Waals surface area contributed by atoms with Gasteiger partial charge in [-0.1, -0.05) is 64.5 Å². The molecule has 1 atom stereocenters. The zero-order valence-electron chi connectivity index (χ0n) is 13.8. The van der Waals surface area contributed by atoms with Crippen LogP contribution in [0.3, 0.4) is 0 Å². The van der Waals surface area contributed by atoms with E-state index in [1.54, 1.807) is 6.07 Å². The molecule has 0 amide bonds. The normalized spacial score (nSPS) is 24.0. The van der Waals surface area contributed by atoms with Crippen molar-refractivity contribution in [3.8, 4) is 0 Å². The van der Waals surface area contributed by atoms with Crippen molar-refractivity contribution < 1.29 is 4.39 Å². The highest BCUT2D eigenvalue weighted by molar-refractivity contribution is 5.16. The summed E-state index contributed by atoms with van der Waals surface area (Å²) in [4.78, 5) is 0. The number of hydrogen-bond acceptors (Lipinski definition) is 0. The fourth-order valence-electron chi connectivity index (χ4n) is 3.93. The average Bonchev–Trinajstić information content (AvgIpc) is 2.48. The van der Waals surface area contributed by atoms with Crippen LogP contribution >= 0.6 is 0 Å². The number of rotatable bonds is 7. The Hall–Kier alpha value is -0.850. The van der Waals surface area contributed by atoms with Crippen molar-refractivity contribution in [2.24, 2.45) is 17.8 Å². The highest BCUT2D eigenvalue weighted by atomic mass is 19.1. The number of hydrogen-bond donors (Lipinski definition) is 0. The second-order valence-corrected chi connectivity index (χ2v) is 7.09. The summed E-state index contributed by atoms with van der Waals surface area (Å²) in [5.74, 6) is 2.41. The van der Waals surface area contributed by atoms with Gasteiger partial charge in [0.25, 0.3) is 0 Å². The molecule has 21 heavy (non-hydrogen) atoms. The van der Waals surface area contributed by atoms with Crippen LogP contribution in [0.1, 0.15) is 70.8 Å². The molecule has 118 valence electrons. The molecule has 0 saturated heterocycles. The first-order valence-electron chi connectivity index (χ1n) is 8.93. The van der Waals surface area contributed by atoms with Crippen molar-refractivity contribution >= 4 is 0 Å². The van der Waals surface area contributed by atoms with Gasteiger partial charge in [0, 0.05) is 0 Å². The van der Waals surface area contributed by atoms with Gasteiger partial charge in [-0.3, -0.25) is 0 Å². The summed E-state index contributed by atoms with van der Waals surface area (Å²) in [6.45, 7) is 4.64. The molecule has 1 aliphatic rings. The third kappa shape index (κ3) is 5.45. The summed E-state index contributed by atoms with van der Waals surface area (Å²) >= 11 is 0. The van der Waals surface area contributed by atoms with Crippen LogP contribution in [0, 0.1) is 23.6 Å². The molecule has 1 aliphatic carbocycles. The fraction of sp³-hybridized carbons (Fsp3) is 0.700. The smallest absolute Gasteiger partial charge is 0.123 e. The molecule has 0 aromatic heterocycles. The molecular weight excluding hydrogens is 259 g/mol. The van der Waals surface area contributed by atoms with Gasteiger partial charge in [-0.2, -0.15) is 0 Å². The Morgan fingerprint density at radius 1 is 1.14 bits per heavy atom. The minimum absolute atomic E-state index is 0.0978. The highest BCUT2D eigenvalue weighted by Gasteiger charge is 2.25. The van der Waals surface area contributed by atoms with Crippen LogP contribution in [-0.4, -0.2) is 0 Å². The minimum Gasteiger partial charge on any atom is -0.207 e. The van der Waals surface area contributed by atoms with Crippen molar-refractivity contribution in [3.05, 3.63) is 35.6 Å². The van der Waals surface area contributed by atoms with Gasteiger partial charge in [-0.25, -0.2) is 4.39 Å². The van der Waals surface area contributed by atoms with Crippen molar-refractivity contribution in [3.63, 3.8) is 0 Å². The van der Waals surface area contributed by atoms with E-state index in [-0.39, 0.29) is 5.82 Å². The predicted molar refractivity (Wildman–Crippen MR) is 88.9 cm³/mol. The lowest BCUT2D eigenvalue weighted by Crippen LogP contribution is -2.21. The number of unbranched alkanes of at least 4 members (excludes halogenated alkanes) is 2. The summed E-state index contributed by atoms with van der Waals surface area (Å²) in [6.07, 6.45) is 12.2. The fourth-order valence-corrected chi connectivity index (χ4v) is 3.93. The number of halogens is 1. The standard InChI is InChI=1S/C20H31F/c1-3-4-5-7-17-10-12-19(13-11-17)16(2)14-18-8-6-9-20(21)15-18/h6,8-9,15-17,19H,3-5,7,10-14H2,1-2H3. The van der Waals surface area contributed by atoms with Crippen molar-refractivity contribution in [1.29, 1.82) is 0 Å². The second kappa shape index (κ2) is 8.56. The van der Waals surface area contributed by atoms with Crippen LogP contribution in [0.25, 0.3) is 0 Å². The summed E-state index contributed by atoms with van der Waals surface area (Å²) in [5.41, 5.74) is 1.16. The molecule has 0 N–H and O–H groups in total. The summed E-state index contributed by atoms with van der Waals surface area (Å²) in [7, 11) is 0. The maximum Gasteiger partial charge on any atom is 0.123 e. The van der Waals surface area contributed by atoms with Crippen molar-refractivity contribution in [2.45, 2.75) is 71.6 Å². The van der Waals surface area contributed by atoms with Gasteiger partial charge in [0.15, 0.2) is 0 Å². The largest absolute Gasteiger partial charge is 0.207 e. The van der Waals surface area contributed by atoms with E-state index in [0.717, 1.165) is 23.8 Å². The Balaban J connectivity index is 1.74. The summed E-state index contributed by atoms with van der Waals surface area (Å²) < 4.78 is 13.3. The SMILES string of the molecule is CCCCCC1CCC(C(C)Cc2cccc(F)c2)CC1. The Morgan fingerprint density at radius 2 is 1.90 bits per heavy atom. The quantitative estimate of drug-likeness (QED) is 0.510. The van der Waals surface area contributed by atoms with Gasteiger partial charge in [0.1, 0.15) is 5.82 Å². The van der Waals surface area contributed by atoms with Crippen molar-refractivity contribution in [2.75, 3.05) is 0 Å². The zero-order chi connectivity index (χ0) is 15.1. The third-order valence-electron chi connectivity index (χ3n) is 5.36. The van der Waals surface area contributed by atoms with Gasteiger partial charge in [-0.15, -0.1) is 0 Å². The van der Waals surface area contributed by atoms with Crippen LogP contribution < -0.4 is 0 Å². The van der Waals surface area contributed by atoms with Crippen LogP contribution in [0.15, 0.2) is 24.3 Å². The molecule has 0 spiro atoms. The predicted octanol–water partition coefficient (Wildman–Crippen LogP) is 6.39. The van der Waals surface area contributed by atoms with E-state index < -0.39 is 0 Å². The van der Waals surface area contributed by atoms with Gasteiger partial charge in [0.05, 0.1) is 0 Å². The molecule has 1 fully saturated rings. The molecule has 1 aromatic carbocycles. The van der Waals surface area contributed by atoms with Crippen LogP contribution in [-0.2, 0) is 6.42 Å². The molecule has 0 heterocycles. The van der Waals surface area contributed by atoms with Gasteiger partial charge < -0.3 is 0 Å². The molecule has 1 heteroatoms. The van der Waals surface area contributed by atoms with E-state index >= 15 is 0 Å². The zero-order valence-corrected chi connectivity index (χ0v) is 13.8. The first-order valence-corrected chi connectivity index (χ1v) is 8.93. The first-order chi connectivity index (χ1) is 10.2. The highest BCUT2D eigenvalue weighted by Crippen LogP contribution is 2.36. The van der Waals surface area contributed by atoms with Crippen LogP contribution in [0.2, 0.25) is 0 Å². The lowest BCUT2D eigenvalue weighted by atomic mass is 9.73.